The summed E-state index contributed by atoms with van der Waals surface area (Å²) in [5, 5.41) is 0. The van der Waals surface area contributed by atoms with Gasteiger partial charge in [-0.2, -0.15) is 0 Å². The number of hydrogen-bond donors (Lipinski definition) is 0. The van der Waals surface area contributed by atoms with E-state index in [0.29, 0.717) is 5.56 Å². The molecule has 0 spiro atoms. The molecule has 0 unspecified atom stereocenters. The monoisotopic (exact) mass is 216 g/mol. The third-order valence-corrected chi connectivity index (χ3v) is 2.36. The first kappa shape index (κ1) is 10.6. The molecule has 80 valence electrons. The molecule has 0 saturated heterocycles. The van der Waals surface area contributed by atoms with Gasteiger partial charge in [-0.3, -0.25) is 0 Å². The van der Waals surface area contributed by atoms with Gasteiger partial charge in [-0.25, -0.2) is 8.78 Å². The van der Waals surface area contributed by atoms with Gasteiger partial charge in [0.15, 0.2) is 0 Å². The third-order valence-electron chi connectivity index (χ3n) is 2.36. The van der Waals surface area contributed by atoms with E-state index in [-0.39, 0.29) is 5.56 Å². The normalized spacial score (nSPS) is 10.1. The van der Waals surface area contributed by atoms with Crippen LogP contribution in [0.3, 0.4) is 0 Å². The van der Waals surface area contributed by atoms with Crippen molar-refractivity contribution in [1.29, 1.82) is 0 Å². The van der Waals surface area contributed by atoms with Crippen LogP contribution in [0.15, 0.2) is 49.0 Å². The quantitative estimate of drug-likeness (QED) is 0.703. The topological polar surface area (TPSA) is 0 Å². The van der Waals surface area contributed by atoms with E-state index in [1.54, 1.807) is 24.3 Å². The lowest BCUT2D eigenvalue weighted by Gasteiger charge is -2.04. The van der Waals surface area contributed by atoms with Crippen molar-refractivity contribution in [2.45, 2.75) is 0 Å². The van der Waals surface area contributed by atoms with Crippen molar-refractivity contribution in [3.05, 3.63) is 66.2 Å². The summed E-state index contributed by atoms with van der Waals surface area (Å²) in [5.41, 5.74) is 1.79. The van der Waals surface area contributed by atoms with Crippen molar-refractivity contribution in [2.75, 3.05) is 0 Å². The summed E-state index contributed by atoms with van der Waals surface area (Å²) in [5.74, 6) is -0.872. The molecule has 16 heavy (non-hydrogen) atoms. The van der Waals surface area contributed by atoms with Crippen molar-refractivity contribution >= 4 is 6.08 Å². The first-order chi connectivity index (χ1) is 7.70. The number of halogens is 2. The van der Waals surface area contributed by atoms with Crippen molar-refractivity contribution in [2.24, 2.45) is 0 Å². The van der Waals surface area contributed by atoms with E-state index in [4.69, 9.17) is 0 Å². The molecule has 0 heterocycles. The lowest BCUT2D eigenvalue weighted by Crippen LogP contribution is -1.86. The van der Waals surface area contributed by atoms with Crippen LogP contribution >= 0.6 is 0 Å². The molecule has 2 heteroatoms. The zero-order valence-corrected chi connectivity index (χ0v) is 8.58. The summed E-state index contributed by atoms with van der Waals surface area (Å²) in [7, 11) is 0. The first-order valence-electron chi connectivity index (χ1n) is 4.88. The lowest BCUT2D eigenvalue weighted by atomic mass is 10.0. The highest BCUT2D eigenvalue weighted by Crippen LogP contribution is 2.24. The molecule has 0 amide bonds. The molecule has 2 aromatic carbocycles. The molecule has 0 fully saturated rings. The highest BCUT2D eigenvalue weighted by Gasteiger charge is 2.06. The second-order valence-corrected chi connectivity index (χ2v) is 3.45. The maximum absolute atomic E-state index is 13.5. The average Bonchev–Trinajstić information content (AvgIpc) is 2.32. The van der Waals surface area contributed by atoms with Gasteiger partial charge in [0.25, 0.3) is 0 Å². The fourth-order valence-electron chi connectivity index (χ4n) is 1.55. The van der Waals surface area contributed by atoms with Crippen LogP contribution in [0.1, 0.15) is 5.56 Å². The molecule has 0 radical (unpaired) electrons. The number of benzene rings is 2. The van der Waals surface area contributed by atoms with Gasteiger partial charge in [0.1, 0.15) is 11.6 Å². The molecule has 0 saturated carbocycles. The van der Waals surface area contributed by atoms with Crippen LogP contribution in [0.4, 0.5) is 8.78 Å². The molecule has 2 rings (SSSR count). The zero-order chi connectivity index (χ0) is 11.5. The van der Waals surface area contributed by atoms with E-state index >= 15 is 0 Å². The molecule has 0 N–H and O–H groups in total. The van der Waals surface area contributed by atoms with Gasteiger partial charge in [-0.1, -0.05) is 30.9 Å². The molecule has 2 aromatic rings. The molecule has 0 nitrogen and oxygen atoms in total. The Bertz CT molecular complexity index is 530. The molecule has 0 aliphatic heterocycles. The van der Waals surface area contributed by atoms with Gasteiger partial charge in [0, 0.05) is 5.56 Å². The summed E-state index contributed by atoms with van der Waals surface area (Å²) in [6.45, 7) is 3.64. The average molecular weight is 216 g/mol. The Morgan fingerprint density at radius 1 is 1.00 bits per heavy atom. The summed E-state index contributed by atoms with van der Waals surface area (Å²) >= 11 is 0. The van der Waals surface area contributed by atoms with Crippen LogP contribution in [-0.4, -0.2) is 0 Å². The molecular formula is C14H10F2. The lowest BCUT2D eigenvalue weighted by molar-refractivity contribution is 0.603. The second kappa shape index (κ2) is 4.27. The largest absolute Gasteiger partial charge is 0.207 e. The third kappa shape index (κ3) is 2.01. The maximum atomic E-state index is 13.5. The Morgan fingerprint density at radius 2 is 1.81 bits per heavy atom. The predicted octanol–water partition coefficient (Wildman–Crippen LogP) is 4.27. The van der Waals surface area contributed by atoms with E-state index < -0.39 is 11.6 Å². The minimum absolute atomic E-state index is 0.267. The van der Waals surface area contributed by atoms with E-state index in [2.05, 4.69) is 6.58 Å². The Hall–Kier alpha value is -1.96. The van der Waals surface area contributed by atoms with Crippen LogP contribution < -0.4 is 0 Å². The summed E-state index contributed by atoms with van der Waals surface area (Å²) in [4.78, 5) is 0. The van der Waals surface area contributed by atoms with Gasteiger partial charge in [-0.15, -0.1) is 0 Å². The maximum Gasteiger partial charge on any atom is 0.131 e. The van der Waals surface area contributed by atoms with Gasteiger partial charge in [0.05, 0.1) is 0 Å². The van der Waals surface area contributed by atoms with Crippen molar-refractivity contribution in [3.8, 4) is 11.1 Å². The number of rotatable bonds is 2. The summed E-state index contributed by atoms with van der Waals surface area (Å²) in [6, 6.07) is 10.6. The fourth-order valence-corrected chi connectivity index (χ4v) is 1.55. The molecule has 0 aromatic heterocycles. The van der Waals surface area contributed by atoms with Crippen molar-refractivity contribution in [3.63, 3.8) is 0 Å². The first-order valence-corrected chi connectivity index (χ1v) is 4.88. The smallest absolute Gasteiger partial charge is 0.131 e. The van der Waals surface area contributed by atoms with Gasteiger partial charge in [-0.05, 0) is 35.4 Å². The van der Waals surface area contributed by atoms with Crippen molar-refractivity contribution < 1.29 is 8.78 Å². The summed E-state index contributed by atoms with van der Waals surface area (Å²) in [6.07, 6.45) is 1.67. The standard InChI is InChI=1S/C14H10F2/c1-2-10-4-3-5-11(8-10)13-9-12(15)6-7-14(13)16/h2-9H,1H2. The highest BCUT2D eigenvalue weighted by molar-refractivity contribution is 5.67. The van der Waals surface area contributed by atoms with E-state index in [1.165, 1.54) is 6.07 Å². The molecule has 0 bridgehead atoms. The van der Waals surface area contributed by atoms with Crippen molar-refractivity contribution in [1.82, 2.24) is 0 Å². The Morgan fingerprint density at radius 3 is 2.56 bits per heavy atom. The van der Waals surface area contributed by atoms with E-state index in [9.17, 15) is 8.78 Å². The van der Waals surface area contributed by atoms with Gasteiger partial charge >= 0.3 is 0 Å². The Labute approximate surface area is 92.9 Å². The minimum Gasteiger partial charge on any atom is -0.207 e. The molecule has 0 aliphatic carbocycles. The molecule has 0 atom stereocenters. The predicted molar refractivity (Wildman–Crippen MR) is 61.9 cm³/mol. The van der Waals surface area contributed by atoms with Crippen LogP contribution in [0, 0.1) is 11.6 Å². The van der Waals surface area contributed by atoms with Crippen LogP contribution in [0.2, 0.25) is 0 Å². The van der Waals surface area contributed by atoms with Crippen LogP contribution in [-0.2, 0) is 0 Å². The fraction of sp³-hybridized carbons (Fsp3) is 0. The van der Waals surface area contributed by atoms with Crippen LogP contribution in [0.5, 0.6) is 0 Å². The highest BCUT2D eigenvalue weighted by atomic mass is 19.1. The van der Waals surface area contributed by atoms with Crippen LogP contribution in [0.25, 0.3) is 17.2 Å². The van der Waals surface area contributed by atoms with E-state index in [0.717, 1.165) is 17.7 Å². The SMILES string of the molecule is C=Cc1cccc(-c2cc(F)ccc2F)c1. The van der Waals surface area contributed by atoms with Gasteiger partial charge < -0.3 is 0 Å². The number of hydrogen-bond acceptors (Lipinski definition) is 0. The molecule has 0 aliphatic rings. The second-order valence-electron chi connectivity index (χ2n) is 3.45. The van der Waals surface area contributed by atoms with E-state index in [1.807, 2.05) is 6.07 Å². The Balaban J connectivity index is 2.57. The summed E-state index contributed by atoms with van der Waals surface area (Å²) < 4.78 is 26.5. The van der Waals surface area contributed by atoms with Gasteiger partial charge in [0.2, 0.25) is 0 Å². The Kier molecular flexibility index (Phi) is 2.82. The minimum atomic E-state index is -0.444. The molecular weight excluding hydrogens is 206 g/mol. The zero-order valence-electron chi connectivity index (χ0n) is 8.58.